The lowest BCUT2D eigenvalue weighted by atomic mass is 10.1. The van der Waals surface area contributed by atoms with Crippen LogP contribution in [0.3, 0.4) is 0 Å². The molecule has 0 N–H and O–H groups in total. The molecule has 0 saturated carbocycles. The van der Waals surface area contributed by atoms with Gasteiger partial charge in [-0.25, -0.2) is 8.42 Å². The lowest BCUT2D eigenvalue weighted by Gasteiger charge is -2.25. The van der Waals surface area contributed by atoms with Crippen molar-refractivity contribution in [2.24, 2.45) is 0 Å². The van der Waals surface area contributed by atoms with Gasteiger partial charge in [0.25, 0.3) is 0 Å². The van der Waals surface area contributed by atoms with Crippen molar-refractivity contribution >= 4 is 39.1 Å². The average molecular weight is 488 g/mol. The summed E-state index contributed by atoms with van der Waals surface area (Å²) in [6.07, 6.45) is 4.01. The third-order valence-corrected chi connectivity index (χ3v) is 7.68. The van der Waals surface area contributed by atoms with Gasteiger partial charge >= 0.3 is 0 Å². The number of hydrogen-bond acceptors (Lipinski definition) is 3. The molecule has 4 heteroatoms. The molecule has 0 aliphatic heterocycles. The summed E-state index contributed by atoms with van der Waals surface area (Å²) in [7, 11) is -3.51. The Labute approximate surface area is 212 Å². The van der Waals surface area contributed by atoms with Gasteiger partial charge in [0.1, 0.15) is 0 Å². The van der Waals surface area contributed by atoms with E-state index in [0.717, 1.165) is 28.2 Å². The van der Waals surface area contributed by atoms with Crippen LogP contribution < -0.4 is 4.90 Å². The maximum atomic E-state index is 12.8. The molecule has 176 valence electrons. The molecule has 0 aliphatic carbocycles. The Balaban J connectivity index is 1.35. The van der Waals surface area contributed by atoms with Gasteiger partial charge in [0.05, 0.1) is 9.79 Å². The summed E-state index contributed by atoms with van der Waals surface area (Å²) in [6.45, 7) is 0. The van der Waals surface area contributed by atoms with Gasteiger partial charge in [-0.3, -0.25) is 0 Å². The van der Waals surface area contributed by atoms with Crippen molar-refractivity contribution in [3.05, 3.63) is 151 Å². The van der Waals surface area contributed by atoms with Crippen LogP contribution in [-0.4, -0.2) is 8.42 Å². The van der Waals surface area contributed by atoms with Crippen LogP contribution in [0.4, 0.5) is 17.1 Å². The van der Waals surface area contributed by atoms with E-state index in [1.807, 2.05) is 60.7 Å². The fourth-order valence-electron chi connectivity index (χ4n) is 4.02. The van der Waals surface area contributed by atoms with Crippen LogP contribution in [-0.2, 0) is 9.84 Å². The van der Waals surface area contributed by atoms with Crippen LogP contribution in [0.2, 0.25) is 0 Å². The minimum Gasteiger partial charge on any atom is -0.311 e. The number of sulfone groups is 1. The molecule has 0 spiro atoms. The van der Waals surface area contributed by atoms with Gasteiger partial charge in [0.15, 0.2) is 0 Å². The maximum absolute atomic E-state index is 12.8. The summed E-state index contributed by atoms with van der Waals surface area (Å²) < 4.78 is 25.6. The summed E-state index contributed by atoms with van der Waals surface area (Å²) in [4.78, 5) is 2.81. The van der Waals surface area contributed by atoms with Crippen molar-refractivity contribution in [3.63, 3.8) is 0 Å². The summed E-state index contributed by atoms with van der Waals surface area (Å²) in [5.41, 5.74) is 5.25. The molecule has 0 amide bonds. The number of anilines is 3. The number of rotatable bonds is 7. The Kier molecular flexibility index (Phi) is 6.78. The highest BCUT2D eigenvalue weighted by atomic mass is 32.2. The first-order valence-corrected chi connectivity index (χ1v) is 13.2. The van der Waals surface area contributed by atoms with Crippen LogP contribution >= 0.6 is 0 Å². The highest BCUT2D eigenvalue weighted by molar-refractivity contribution is 7.91. The van der Waals surface area contributed by atoms with Gasteiger partial charge in [-0.05, 0) is 71.8 Å². The van der Waals surface area contributed by atoms with Crippen molar-refractivity contribution in [1.29, 1.82) is 0 Å². The second kappa shape index (κ2) is 10.5. The van der Waals surface area contributed by atoms with Gasteiger partial charge in [-0.15, -0.1) is 0 Å². The van der Waals surface area contributed by atoms with Gasteiger partial charge in [0, 0.05) is 17.1 Å². The van der Waals surface area contributed by atoms with E-state index < -0.39 is 9.84 Å². The lowest BCUT2D eigenvalue weighted by Crippen LogP contribution is -2.09. The van der Waals surface area contributed by atoms with Crippen LogP contribution in [0.15, 0.2) is 149 Å². The number of benzene rings is 5. The summed E-state index contributed by atoms with van der Waals surface area (Å²) >= 11 is 0. The minimum atomic E-state index is -3.51. The first-order chi connectivity index (χ1) is 17.6. The molecule has 0 unspecified atom stereocenters. The van der Waals surface area contributed by atoms with Crippen LogP contribution in [0, 0.1) is 0 Å². The van der Waals surface area contributed by atoms with Crippen molar-refractivity contribution < 1.29 is 8.42 Å². The fraction of sp³-hybridized carbons (Fsp3) is 0. The van der Waals surface area contributed by atoms with Gasteiger partial charge in [-0.2, -0.15) is 0 Å². The van der Waals surface area contributed by atoms with E-state index in [-0.39, 0.29) is 4.90 Å². The highest BCUT2D eigenvalue weighted by Gasteiger charge is 2.16. The molecule has 0 saturated heterocycles. The second-order valence-electron chi connectivity index (χ2n) is 8.32. The molecule has 0 heterocycles. The normalized spacial score (nSPS) is 11.4. The summed E-state index contributed by atoms with van der Waals surface area (Å²) in [5.74, 6) is 0. The number of para-hydroxylation sites is 2. The number of nitrogens with zero attached hydrogens (tertiary/aromatic N) is 1. The molecule has 0 fully saturated rings. The zero-order valence-corrected chi connectivity index (χ0v) is 20.4. The fourth-order valence-corrected chi connectivity index (χ4v) is 5.30. The van der Waals surface area contributed by atoms with Crippen LogP contribution in [0.5, 0.6) is 0 Å². The van der Waals surface area contributed by atoms with E-state index in [9.17, 15) is 8.42 Å². The maximum Gasteiger partial charge on any atom is 0.206 e. The second-order valence-corrected chi connectivity index (χ2v) is 10.3. The lowest BCUT2D eigenvalue weighted by molar-refractivity contribution is 0.596. The molecule has 5 aromatic rings. The first-order valence-electron chi connectivity index (χ1n) is 11.7. The predicted octanol–water partition coefficient (Wildman–Crippen LogP) is 8.16. The number of hydrogen-bond donors (Lipinski definition) is 0. The molecule has 0 radical (unpaired) electrons. The largest absolute Gasteiger partial charge is 0.311 e. The molecule has 0 bridgehead atoms. The van der Waals surface area contributed by atoms with Gasteiger partial charge < -0.3 is 4.90 Å². The van der Waals surface area contributed by atoms with E-state index in [2.05, 4.69) is 53.4 Å². The molecular weight excluding hydrogens is 462 g/mol. The van der Waals surface area contributed by atoms with E-state index >= 15 is 0 Å². The van der Waals surface area contributed by atoms with Gasteiger partial charge in [0.2, 0.25) is 9.84 Å². The summed E-state index contributed by atoms with van der Waals surface area (Å²) in [5, 5.41) is 0. The molecule has 0 aliphatic rings. The Morgan fingerprint density at radius 2 is 0.778 bits per heavy atom. The van der Waals surface area contributed by atoms with Gasteiger partial charge in [-0.1, -0.05) is 91.0 Å². The van der Waals surface area contributed by atoms with E-state index in [0.29, 0.717) is 4.90 Å². The average Bonchev–Trinajstić information content (AvgIpc) is 2.95. The van der Waals surface area contributed by atoms with Crippen molar-refractivity contribution in [2.75, 3.05) is 4.90 Å². The SMILES string of the molecule is O=S(=O)(c1ccccc1)c1ccc(C=Cc2ccc(N(c3ccccc3)c3ccccc3)cc2)cc1. The molecule has 5 aromatic carbocycles. The van der Waals surface area contributed by atoms with Crippen molar-refractivity contribution in [2.45, 2.75) is 9.79 Å². The topological polar surface area (TPSA) is 37.4 Å². The third-order valence-electron chi connectivity index (χ3n) is 5.89. The summed E-state index contributed by atoms with van der Waals surface area (Å²) in [6, 6.07) is 44.4. The molecule has 36 heavy (non-hydrogen) atoms. The Morgan fingerprint density at radius 3 is 1.25 bits per heavy atom. The monoisotopic (exact) mass is 487 g/mol. The Hall–Kier alpha value is -4.41. The highest BCUT2D eigenvalue weighted by Crippen LogP contribution is 2.34. The van der Waals surface area contributed by atoms with E-state index in [1.165, 1.54) is 0 Å². The van der Waals surface area contributed by atoms with Crippen LogP contribution in [0.1, 0.15) is 11.1 Å². The third kappa shape index (κ3) is 5.14. The van der Waals surface area contributed by atoms with E-state index in [4.69, 9.17) is 0 Å². The van der Waals surface area contributed by atoms with Crippen LogP contribution in [0.25, 0.3) is 12.2 Å². The zero-order valence-electron chi connectivity index (χ0n) is 19.6. The molecular formula is C32H25NO2S. The quantitative estimate of drug-likeness (QED) is 0.217. The predicted molar refractivity (Wildman–Crippen MR) is 148 cm³/mol. The molecule has 0 atom stereocenters. The molecule has 0 aromatic heterocycles. The van der Waals surface area contributed by atoms with Crippen molar-refractivity contribution in [1.82, 2.24) is 0 Å². The van der Waals surface area contributed by atoms with Crippen molar-refractivity contribution in [3.8, 4) is 0 Å². The Bertz CT molecular complexity index is 1510. The standard InChI is InChI=1S/C32H25NO2S/c34-36(35,31-14-8-3-9-15-31)32-24-20-27(21-25-32)17-16-26-18-22-30(23-19-26)33(28-10-4-1-5-11-28)29-12-6-2-7-13-29/h1-25H. The minimum absolute atomic E-state index is 0.289. The zero-order chi connectivity index (χ0) is 24.8. The first kappa shape index (κ1) is 23.3. The molecule has 3 nitrogen and oxygen atoms in total. The molecule has 5 rings (SSSR count). The Morgan fingerprint density at radius 1 is 0.417 bits per heavy atom. The van der Waals surface area contributed by atoms with E-state index in [1.54, 1.807) is 42.5 Å². The smallest absolute Gasteiger partial charge is 0.206 e.